The Bertz CT molecular complexity index is 664. The van der Waals surface area contributed by atoms with Crippen LogP contribution in [0.15, 0.2) is 36.7 Å². The van der Waals surface area contributed by atoms with E-state index in [9.17, 15) is 5.11 Å². The molecule has 0 aliphatic heterocycles. The van der Waals surface area contributed by atoms with E-state index in [-0.39, 0.29) is 6.04 Å². The van der Waals surface area contributed by atoms with Gasteiger partial charge >= 0.3 is 0 Å². The molecule has 116 valence electrons. The van der Waals surface area contributed by atoms with E-state index in [1.54, 1.807) is 0 Å². The highest BCUT2D eigenvalue weighted by molar-refractivity contribution is 5.93. The Kier molecular flexibility index (Phi) is 3.53. The number of aromatic nitrogens is 1. The Hall–Kier alpha value is -1.61. The summed E-state index contributed by atoms with van der Waals surface area (Å²) in [6, 6.07) is 8.51. The molecule has 2 aliphatic rings. The monoisotopic (exact) mass is 296 g/mol. The zero-order valence-corrected chi connectivity index (χ0v) is 13.0. The van der Waals surface area contributed by atoms with E-state index in [0.29, 0.717) is 5.92 Å². The first-order valence-corrected chi connectivity index (χ1v) is 8.59. The van der Waals surface area contributed by atoms with Gasteiger partial charge in [0.25, 0.3) is 0 Å². The minimum Gasteiger partial charge on any atom is -0.387 e. The van der Waals surface area contributed by atoms with E-state index in [0.717, 1.165) is 30.3 Å². The van der Waals surface area contributed by atoms with Crippen molar-refractivity contribution in [2.24, 2.45) is 5.92 Å². The number of aliphatic hydroxyl groups is 1. The predicted molar refractivity (Wildman–Crippen MR) is 89.9 cm³/mol. The summed E-state index contributed by atoms with van der Waals surface area (Å²) in [6.07, 6.45) is 11.8. The number of rotatable bonds is 2. The van der Waals surface area contributed by atoms with Crippen molar-refractivity contribution in [3.63, 3.8) is 0 Å². The molecule has 0 unspecified atom stereocenters. The van der Waals surface area contributed by atoms with Crippen molar-refractivity contribution in [2.75, 3.05) is 5.32 Å². The molecule has 0 radical (unpaired) electrons. The number of benzene rings is 1. The fourth-order valence-corrected chi connectivity index (χ4v) is 4.56. The van der Waals surface area contributed by atoms with Crippen LogP contribution in [0.3, 0.4) is 0 Å². The zero-order valence-electron chi connectivity index (χ0n) is 13.0. The summed E-state index contributed by atoms with van der Waals surface area (Å²) in [7, 11) is 0. The number of anilines is 1. The molecule has 0 amide bonds. The van der Waals surface area contributed by atoms with Crippen LogP contribution >= 0.6 is 0 Å². The van der Waals surface area contributed by atoms with Crippen LogP contribution in [0.4, 0.5) is 5.69 Å². The summed E-state index contributed by atoms with van der Waals surface area (Å²) < 4.78 is 0. The summed E-state index contributed by atoms with van der Waals surface area (Å²) in [6.45, 7) is 0. The van der Waals surface area contributed by atoms with E-state index in [2.05, 4.69) is 34.6 Å². The Morgan fingerprint density at radius 1 is 1.09 bits per heavy atom. The van der Waals surface area contributed by atoms with Gasteiger partial charge < -0.3 is 10.4 Å². The Labute approximate surface area is 131 Å². The van der Waals surface area contributed by atoms with Crippen LogP contribution in [0.25, 0.3) is 10.8 Å². The van der Waals surface area contributed by atoms with Gasteiger partial charge in [-0.25, -0.2) is 0 Å². The molecular formula is C19H24N2O. The minimum atomic E-state index is -0.522. The first-order valence-electron chi connectivity index (χ1n) is 8.59. The van der Waals surface area contributed by atoms with Gasteiger partial charge in [-0.05, 0) is 43.7 Å². The second kappa shape index (κ2) is 5.54. The third-order valence-corrected chi connectivity index (χ3v) is 5.75. The molecule has 0 spiro atoms. The zero-order chi connectivity index (χ0) is 15.0. The molecule has 22 heavy (non-hydrogen) atoms. The molecule has 3 atom stereocenters. The molecule has 1 aromatic carbocycles. The molecule has 2 N–H and O–H groups in total. The quantitative estimate of drug-likeness (QED) is 0.876. The Balaban J connectivity index is 1.66. The van der Waals surface area contributed by atoms with Crippen LogP contribution in [-0.2, 0) is 0 Å². The molecule has 2 saturated carbocycles. The highest BCUT2D eigenvalue weighted by atomic mass is 16.3. The second-order valence-corrected chi connectivity index (χ2v) is 6.96. The van der Waals surface area contributed by atoms with Gasteiger partial charge in [-0.15, -0.1) is 0 Å². The largest absolute Gasteiger partial charge is 0.387 e. The molecule has 3 heteroatoms. The van der Waals surface area contributed by atoms with Crippen LogP contribution < -0.4 is 5.32 Å². The molecule has 1 heterocycles. The van der Waals surface area contributed by atoms with E-state index in [1.165, 1.54) is 31.1 Å². The van der Waals surface area contributed by atoms with Crippen molar-refractivity contribution in [3.05, 3.63) is 36.7 Å². The lowest BCUT2D eigenvalue weighted by molar-refractivity contribution is -0.0834. The molecular weight excluding hydrogens is 272 g/mol. The van der Waals surface area contributed by atoms with Crippen molar-refractivity contribution in [3.8, 4) is 0 Å². The number of nitrogens with one attached hydrogen (secondary N) is 1. The van der Waals surface area contributed by atoms with Crippen LogP contribution in [0.1, 0.15) is 44.9 Å². The first kappa shape index (κ1) is 14.0. The average molecular weight is 296 g/mol. The molecule has 1 aromatic heterocycles. The second-order valence-electron chi connectivity index (χ2n) is 6.96. The summed E-state index contributed by atoms with van der Waals surface area (Å²) in [5.41, 5.74) is 0.607. The average Bonchev–Trinajstić information content (AvgIpc) is 2.56. The molecule has 0 saturated heterocycles. The van der Waals surface area contributed by atoms with Crippen molar-refractivity contribution < 1.29 is 5.11 Å². The fraction of sp³-hybridized carbons (Fsp3) is 0.526. The third-order valence-electron chi connectivity index (χ3n) is 5.75. The van der Waals surface area contributed by atoms with Gasteiger partial charge in [0.1, 0.15) is 0 Å². The lowest BCUT2D eigenvalue weighted by atomic mass is 9.65. The van der Waals surface area contributed by atoms with Crippen molar-refractivity contribution in [1.82, 2.24) is 4.98 Å². The smallest absolute Gasteiger partial charge is 0.0875 e. The summed E-state index contributed by atoms with van der Waals surface area (Å²) in [5.74, 6) is 0.476. The van der Waals surface area contributed by atoms with E-state index >= 15 is 0 Å². The molecule has 2 aromatic rings. The van der Waals surface area contributed by atoms with Crippen molar-refractivity contribution in [1.29, 1.82) is 0 Å². The molecule has 2 aliphatic carbocycles. The number of hydrogen-bond acceptors (Lipinski definition) is 3. The normalized spacial score (nSPS) is 31.7. The van der Waals surface area contributed by atoms with Crippen LogP contribution in [0, 0.1) is 5.92 Å². The van der Waals surface area contributed by atoms with Gasteiger partial charge in [0.15, 0.2) is 0 Å². The SMILES string of the molecule is O[C@]12CCCC[C@@H]1CCC[C@H]2Nc1cccc2cnccc12. The predicted octanol–water partition coefficient (Wildman–Crippen LogP) is 4.12. The Morgan fingerprint density at radius 2 is 2.00 bits per heavy atom. The summed E-state index contributed by atoms with van der Waals surface area (Å²) >= 11 is 0. The maximum atomic E-state index is 11.3. The fourth-order valence-electron chi connectivity index (χ4n) is 4.56. The number of nitrogens with zero attached hydrogens (tertiary/aromatic N) is 1. The first-order chi connectivity index (χ1) is 10.8. The maximum absolute atomic E-state index is 11.3. The highest BCUT2D eigenvalue weighted by Gasteiger charge is 2.47. The van der Waals surface area contributed by atoms with E-state index < -0.39 is 5.60 Å². The van der Waals surface area contributed by atoms with Gasteiger partial charge in [-0.3, -0.25) is 4.98 Å². The standard InChI is InChI=1S/C19H24N2O/c22-19-11-2-1-6-15(19)7-4-9-18(19)21-17-8-3-5-14-13-20-12-10-16(14)17/h3,5,8,10,12-13,15,18,21-22H,1-2,4,6-7,9,11H2/t15-,18-,19-/m1/s1. The molecule has 4 rings (SSSR count). The maximum Gasteiger partial charge on any atom is 0.0875 e. The summed E-state index contributed by atoms with van der Waals surface area (Å²) in [5, 5.41) is 17.3. The minimum absolute atomic E-state index is 0.172. The summed E-state index contributed by atoms with van der Waals surface area (Å²) in [4.78, 5) is 4.20. The van der Waals surface area contributed by atoms with Crippen LogP contribution in [0.5, 0.6) is 0 Å². The number of fused-ring (bicyclic) bond motifs is 2. The third kappa shape index (κ3) is 2.28. The molecule has 0 bridgehead atoms. The van der Waals surface area contributed by atoms with Crippen LogP contribution in [-0.4, -0.2) is 21.7 Å². The van der Waals surface area contributed by atoms with Gasteiger partial charge in [0, 0.05) is 28.9 Å². The van der Waals surface area contributed by atoms with Gasteiger partial charge in [0.2, 0.25) is 0 Å². The van der Waals surface area contributed by atoms with Crippen molar-refractivity contribution >= 4 is 16.5 Å². The van der Waals surface area contributed by atoms with Crippen molar-refractivity contribution in [2.45, 2.75) is 56.6 Å². The van der Waals surface area contributed by atoms with Gasteiger partial charge in [0.05, 0.1) is 11.6 Å². The number of hydrogen-bond donors (Lipinski definition) is 2. The topological polar surface area (TPSA) is 45.1 Å². The molecule has 2 fully saturated rings. The Morgan fingerprint density at radius 3 is 2.95 bits per heavy atom. The van der Waals surface area contributed by atoms with Gasteiger partial charge in [-0.2, -0.15) is 0 Å². The number of pyridine rings is 1. The lowest BCUT2D eigenvalue weighted by Crippen LogP contribution is -2.56. The van der Waals surface area contributed by atoms with E-state index in [4.69, 9.17) is 0 Å². The highest BCUT2D eigenvalue weighted by Crippen LogP contribution is 2.45. The van der Waals surface area contributed by atoms with Gasteiger partial charge in [-0.1, -0.05) is 31.4 Å². The molecule has 3 nitrogen and oxygen atoms in total. The van der Waals surface area contributed by atoms with E-state index in [1.807, 2.05) is 12.4 Å². The van der Waals surface area contributed by atoms with Crippen LogP contribution in [0.2, 0.25) is 0 Å². The lowest BCUT2D eigenvalue weighted by Gasteiger charge is -2.49.